The lowest BCUT2D eigenvalue weighted by molar-refractivity contribution is -0.132. The van der Waals surface area contributed by atoms with Crippen LogP contribution in [0.1, 0.15) is 59.8 Å². The molecule has 0 aromatic rings. The van der Waals surface area contributed by atoms with Crippen molar-refractivity contribution >= 4 is 11.9 Å². The molecule has 1 rings (SSSR count). The molecule has 118 valence electrons. The molecule has 0 saturated heterocycles. The van der Waals surface area contributed by atoms with E-state index in [1.807, 2.05) is 20.8 Å². The molecule has 1 fully saturated rings. The second kappa shape index (κ2) is 6.92. The Hall–Kier alpha value is -1.58. The SMILES string of the molecule is CC(=CC(C(=O)O)=C(C1CCCCC1)C(C)(C)C)C(=O)O. The van der Waals surface area contributed by atoms with Crippen LogP contribution in [-0.4, -0.2) is 22.2 Å². The van der Waals surface area contributed by atoms with Crippen molar-refractivity contribution in [2.45, 2.75) is 59.8 Å². The Morgan fingerprint density at radius 2 is 1.52 bits per heavy atom. The molecule has 4 nitrogen and oxygen atoms in total. The molecular weight excluding hydrogens is 268 g/mol. The molecule has 4 heteroatoms. The van der Waals surface area contributed by atoms with Crippen LogP contribution in [0.2, 0.25) is 0 Å². The van der Waals surface area contributed by atoms with Gasteiger partial charge >= 0.3 is 11.9 Å². The molecule has 0 amide bonds. The van der Waals surface area contributed by atoms with Gasteiger partial charge in [0.2, 0.25) is 0 Å². The van der Waals surface area contributed by atoms with E-state index in [1.165, 1.54) is 19.4 Å². The van der Waals surface area contributed by atoms with E-state index in [9.17, 15) is 14.7 Å². The second-order valence-corrected chi connectivity index (χ2v) is 6.85. The van der Waals surface area contributed by atoms with Crippen molar-refractivity contribution in [3.05, 3.63) is 22.8 Å². The normalized spacial score (nSPS) is 19.1. The topological polar surface area (TPSA) is 74.6 Å². The van der Waals surface area contributed by atoms with Crippen LogP contribution in [0.3, 0.4) is 0 Å². The molecule has 0 unspecified atom stereocenters. The van der Waals surface area contributed by atoms with Crippen LogP contribution in [-0.2, 0) is 9.59 Å². The maximum atomic E-state index is 11.7. The highest BCUT2D eigenvalue weighted by atomic mass is 16.4. The van der Waals surface area contributed by atoms with E-state index in [-0.39, 0.29) is 22.5 Å². The monoisotopic (exact) mass is 294 g/mol. The summed E-state index contributed by atoms with van der Waals surface area (Å²) in [6.45, 7) is 7.45. The molecule has 1 aliphatic rings. The summed E-state index contributed by atoms with van der Waals surface area (Å²) >= 11 is 0. The molecule has 0 aromatic carbocycles. The largest absolute Gasteiger partial charge is 0.478 e. The average Bonchev–Trinajstić information content (AvgIpc) is 2.37. The zero-order chi connectivity index (χ0) is 16.2. The summed E-state index contributed by atoms with van der Waals surface area (Å²) < 4.78 is 0. The molecule has 0 bridgehead atoms. The van der Waals surface area contributed by atoms with Gasteiger partial charge in [0.15, 0.2) is 0 Å². The van der Waals surface area contributed by atoms with Gasteiger partial charge < -0.3 is 10.2 Å². The van der Waals surface area contributed by atoms with Gasteiger partial charge in [-0.3, -0.25) is 0 Å². The molecule has 0 radical (unpaired) electrons. The van der Waals surface area contributed by atoms with Gasteiger partial charge in [-0.05, 0) is 42.7 Å². The van der Waals surface area contributed by atoms with E-state index in [2.05, 4.69) is 0 Å². The fourth-order valence-corrected chi connectivity index (χ4v) is 3.16. The van der Waals surface area contributed by atoms with Crippen LogP contribution < -0.4 is 0 Å². The van der Waals surface area contributed by atoms with E-state index in [0.29, 0.717) is 0 Å². The fraction of sp³-hybridized carbons (Fsp3) is 0.647. The third kappa shape index (κ3) is 4.73. The standard InChI is InChI=1S/C17H26O4/c1-11(15(18)19)10-13(16(20)21)14(17(2,3)4)12-8-6-5-7-9-12/h10,12H,5-9H2,1-4H3,(H,18,19)(H,20,21). The first-order chi connectivity index (χ1) is 9.64. The van der Waals surface area contributed by atoms with Crippen molar-refractivity contribution in [3.63, 3.8) is 0 Å². The highest BCUT2D eigenvalue weighted by Crippen LogP contribution is 2.41. The maximum Gasteiger partial charge on any atom is 0.335 e. The van der Waals surface area contributed by atoms with Gasteiger partial charge in [0.05, 0.1) is 5.57 Å². The first kappa shape index (κ1) is 17.5. The van der Waals surface area contributed by atoms with Crippen LogP contribution in [0.25, 0.3) is 0 Å². The first-order valence-corrected chi connectivity index (χ1v) is 7.54. The smallest absolute Gasteiger partial charge is 0.335 e. The fourth-order valence-electron chi connectivity index (χ4n) is 3.16. The number of carboxylic acids is 2. The van der Waals surface area contributed by atoms with Crippen molar-refractivity contribution in [2.75, 3.05) is 0 Å². The quantitative estimate of drug-likeness (QED) is 0.606. The van der Waals surface area contributed by atoms with E-state index < -0.39 is 11.9 Å². The molecule has 0 atom stereocenters. The van der Waals surface area contributed by atoms with Crippen LogP contribution in [0.15, 0.2) is 22.8 Å². The number of aliphatic carboxylic acids is 2. The summed E-state index contributed by atoms with van der Waals surface area (Å²) in [4.78, 5) is 22.7. The Balaban J connectivity index is 3.42. The van der Waals surface area contributed by atoms with Gasteiger partial charge in [-0.25, -0.2) is 9.59 Å². The van der Waals surface area contributed by atoms with Gasteiger partial charge in [0.25, 0.3) is 0 Å². The first-order valence-electron chi connectivity index (χ1n) is 7.54. The highest BCUT2D eigenvalue weighted by Gasteiger charge is 2.31. The summed E-state index contributed by atoms with van der Waals surface area (Å²) in [6, 6.07) is 0. The minimum Gasteiger partial charge on any atom is -0.478 e. The minimum atomic E-state index is -1.08. The van der Waals surface area contributed by atoms with Crippen LogP contribution >= 0.6 is 0 Å². The van der Waals surface area contributed by atoms with Crippen molar-refractivity contribution in [1.29, 1.82) is 0 Å². The van der Waals surface area contributed by atoms with E-state index in [0.717, 1.165) is 31.3 Å². The second-order valence-electron chi connectivity index (χ2n) is 6.85. The van der Waals surface area contributed by atoms with Gasteiger partial charge in [0, 0.05) is 5.57 Å². The molecule has 1 aliphatic carbocycles. The molecule has 0 spiro atoms. The Morgan fingerprint density at radius 1 is 1.00 bits per heavy atom. The van der Waals surface area contributed by atoms with Crippen LogP contribution in [0, 0.1) is 11.3 Å². The summed E-state index contributed by atoms with van der Waals surface area (Å²) in [7, 11) is 0. The van der Waals surface area contributed by atoms with Crippen molar-refractivity contribution in [1.82, 2.24) is 0 Å². The lowest BCUT2D eigenvalue weighted by atomic mass is 9.70. The molecule has 2 N–H and O–H groups in total. The van der Waals surface area contributed by atoms with Crippen molar-refractivity contribution < 1.29 is 19.8 Å². The van der Waals surface area contributed by atoms with Gasteiger partial charge in [-0.1, -0.05) is 40.0 Å². The highest BCUT2D eigenvalue weighted by molar-refractivity contribution is 5.95. The lowest BCUT2D eigenvalue weighted by Crippen LogP contribution is -2.24. The lowest BCUT2D eigenvalue weighted by Gasteiger charge is -2.34. The molecule has 1 saturated carbocycles. The van der Waals surface area contributed by atoms with Crippen LogP contribution in [0.5, 0.6) is 0 Å². The summed E-state index contributed by atoms with van der Waals surface area (Å²) in [5.74, 6) is -1.88. The molecule has 0 aliphatic heterocycles. The van der Waals surface area contributed by atoms with Crippen molar-refractivity contribution in [2.24, 2.45) is 11.3 Å². The summed E-state index contributed by atoms with van der Waals surface area (Å²) in [5, 5.41) is 18.6. The number of hydrogen-bond acceptors (Lipinski definition) is 2. The van der Waals surface area contributed by atoms with Gasteiger partial charge in [0.1, 0.15) is 0 Å². The zero-order valence-electron chi connectivity index (χ0n) is 13.4. The molecule has 0 aromatic heterocycles. The number of rotatable bonds is 4. The minimum absolute atomic E-state index is 0.0601. The Kier molecular flexibility index (Phi) is 5.76. The van der Waals surface area contributed by atoms with Crippen LogP contribution in [0.4, 0.5) is 0 Å². The summed E-state index contributed by atoms with van der Waals surface area (Å²) in [6.07, 6.45) is 6.71. The van der Waals surface area contributed by atoms with E-state index in [1.54, 1.807) is 0 Å². The summed E-state index contributed by atoms with van der Waals surface area (Å²) in [5.41, 5.74) is 0.819. The number of hydrogen-bond donors (Lipinski definition) is 2. The molecular formula is C17H26O4. The maximum absolute atomic E-state index is 11.7. The van der Waals surface area contributed by atoms with Gasteiger partial charge in [-0.2, -0.15) is 0 Å². The third-order valence-electron chi connectivity index (χ3n) is 4.04. The number of allylic oxidation sites excluding steroid dienone is 1. The Bertz CT molecular complexity index is 472. The Labute approximate surface area is 126 Å². The zero-order valence-corrected chi connectivity index (χ0v) is 13.4. The predicted molar refractivity (Wildman–Crippen MR) is 82.1 cm³/mol. The van der Waals surface area contributed by atoms with Gasteiger partial charge in [-0.15, -0.1) is 0 Å². The predicted octanol–water partition coefficient (Wildman–Crippen LogP) is 4.02. The van der Waals surface area contributed by atoms with Crippen molar-refractivity contribution in [3.8, 4) is 0 Å². The molecule has 21 heavy (non-hydrogen) atoms. The van der Waals surface area contributed by atoms with E-state index in [4.69, 9.17) is 5.11 Å². The Morgan fingerprint density at radius 3 is 1.90 bits per heavy atom. The molecule has 0 heterocycles. The third-order valence-corrected chi connectivity index (χ3v) is 4.04. The average molecular weight is 294 g/mol. The van der Waals surface area contributed by atoms with E-state index >= 15 is 0 Å². The number of carbonyl (C=O) groups is 2. The number of carboxylic acid groups (broad SMARTS) is 2.